The zero-order valence-electron chi connectivity index (χ0n) is 14.5. The topological polar surface area (TPSA) is 92.5 Å². The van der Waals surface area contributed by atoms with Crippen LogP contribution in [0.2, 0.25) is 0 Å². The molecule has 1 N–H and O–H groups in total. The van der Waals surface area contributed by atoms with E-state index in [2.05, 4.69) is 20.4 Å². The number of fused-ring (bicyclic) bond motifs is 1. The Morgan fingerprint density at radius 1 is 1.20 bits per heavy atom. The number of nitrogens with zero attached hydrogens (tertiary/aromatic N) is 5. The number of rotatable bonds is 3. The lowest BCUT2D eigenvalue weighted by Gasteiger charge is -2.31. The highest BCUT2D eigenvalue weighted by Gasteiger charge is 2.33. The highest BCUT2D eigenvalue weighted by Crippen LogP contribution is 2.22. The van der Waals surface area contributed by atoms with Gasteiger partial charge in [0.2, 0.25) is 11.7 Å². The van der Waals surface area contributed by atoms with E-state index in [0.29, 0.717) is 24.9 Å². The Bertz CT molecular complexity index is 841. The fraction of sp³-hybridized carbons (Fsp3) is 0.588. The van der Waals surface area contributed by atoms with E-state index < -0.39 is 0 Å². The molecule has 0 radical (unpaired) electrons. The molecule has 1 aliphatic carbocycles. The Morgan fingerprint density at radius 3 is 2.76 bits per heavy atom. The molecule has 2 aromatic heterocycles. The van der Waals surface area contributed by atoms with E-state index in [1.165, 1.54) is 0 Å². The first-order valence-corrected chi connectivity index (χ1v) is 8.82. The molecule has 1 aliphatic heterocycles. The van der Waals surface area contributed by atoms with Crippen LogP contribution in [0.15, 0.2) is 6.07 Å². The van der Waals surface area contributed by atoms with Crippen LogP contribution in [0.3, 0.4) is 0 Å². The van der Waals surface area contributed by atoms with Crippen LogP contribution in [0.5, 0.6) is 0 Å². The minimum absolute atomic E-state index is 0.0658. The van der Waals surface area contributed by atoms with Gasteiger partial charge in [-0.25, -0.2) is 9.50 Å². The summed E-state index contributed by atoms with van der Waals surface area (Å²) < 4.78 is 1.58. The Balaban J connectivity index is 1.51. The van der Waals surface area contributed by atoms with E-state index >= 15 is 0 Å². The molecule has 1 saturated heterocycles. The van der Waals surface area contributed by atoms with Crippen molar-refractivity contribution in [1.29, 1.82) is 0 Å². The molecular weight excluding hydrogens is 320 g/mol. The molecule has 8 nitrogen and oxygen atoms in total. The standard InChI is InChI=1S/C17H22N6O2/c1-10-8-11(2)23-17(18-10)20-14(21-23)16(25)22-7-3-4-12(9-22)15(24)19-13-5-6-13/h8,12-13H,3-7,9H2,1-2H3,(H,19,24). The fourth-order valence-corrected chi connectivity index (χ4v) is 3.32. The van der Waals surface area contributed by atoms with E-state index in [1.54, 1.807) is 9.42 Å². The number of carbonyl (C=O) groups excluding carboxylic acids is 2. The molecule has 0 aromatic carbocycles. The zero-order chi connectivity index (χ0) is 17.6. The van der Waals surface area contributed by atoms with Crippen molar-refractivity contribution in [2.75, 3.05) is 13.1 Å². The largest absolute Gasteiger partial charge is 0.353 e. The summed E-state index contributed by atoms with van der Waals surface area (Å²) in [6.45, 7) is 4.85. The predicted octanol–water partition coefficient (Wildman–Crippen LogP) is 0.872. The first-order chi connectivity index (χ1) is 12.0. The Hall–Kier alpha value is -2.51. The summed E-state index contributed by atoms with van der Waals surface area (Å²) in [7, 11) is 0. The lowest BCUT2D eigenvalue weighted by molar-refractivity contribution is -0.126. The second-order valence-corrected chi connectivity index (χ2v) is 7.06. The van der Waals surface area contributed by atoms with Gasteiger partial charge >= 0.3 is 0 Å². The van der Waals surface area contributed by atoms with Crippen LogP contribution >= 0.6 is 0 Å². The number of aromatic nitrogens is 4. The smallest absolute Gasteiger partial charge is 0.293 e. The maximum absolute atomic E-state index is 12.8. The molecule has 2 amide bonds. The van der Waals surface area contributed by atoms with Crippen LogP contribution < -0.4 is 5.32 Å². The highest BCUT2D eigenvalue weighted by molar-refractivity contribution is 5.91. The second-order valence-electron chi connectivity index (χ2n) is 7.06. The van der Waals surface area contributed by atoms with E-state index in [0.717, 1.165) is 37.1 Å². The summed E-state index contributed by atoms with van der Waals surface area (Å²) in [5.41, 5.74) is 1.72. The number of amides is 2. The number of nitrogens with one attached hydrogen (secondary N) is 1. The van der Waals surface area contributed by atoms with Crippen LogP contribution in [-0.4, -0.2) is 55.4 Å². The van der Waals surface area contributed by atoms with E-state index in [-0.39, 0.29) is 23.6 Å². The molecule has 4 rings (SSSR count). The lowest BCUT2D eigenvalue weighted by Crippen LogP contribution is -2.46. The van der Waals surface area contributed by atoms with Gasteiger partial charge < -0.3 is 10.2 Å². The van der Waals surface area contributed by atoms with Gasteiger partial charge in [-0.2, -0.15) is 4.98 Å². The molecule has 3 heterocycles. The van der Waals surface area contributed by atoms with Crippen LogP contribution in [0.1, 0.15) is 47.7 Å². The first-order valence-electron chi connectivity index (χ1n) is 8.82. The number of piperidine rings is 1. The number of hydrogen-bond donors (Lipinski definition) is 1. The third-order valence-corrected chi connectivity index (χ3v) is 4.81. The van der Waals surface area contributed by atoms with Crippen LogP contribution in [0.4, 0.5) is 0 Å². The Kier molecular flexibility index (Phi) is 3.89. The summed E-state index contributed by atoms with van der Waals surface area (Å²) in [6.07, 6.45) is 3.77. The molecule has 132 valence electrons. The molecule has 25 heavy (non-hydrogen) atoms. The van der Waals surface area contributed by atoms with Crippen molar-refractivity contribution in [2.24, 2.45) is 5.92 Å². The quantitative estimate of drug-likeness (QED) is 0.893. The number of hydrogen-bond acceptors (Lipinski definition) is 5. The summed E-state index contributed by atoms with van der Waals surface area (Å²) in [5.74, 6) is 0.269. The van der Waals surface area contributed by atoms with Crippen LogP contribution in [0.25, 0.3) is 5.78 Å². The van der Waals surface area contributed by atoms with Gasteiger partial charge in [0.25, 0.3) is 11.7 Å². The fourth-order valence-electron chi connectivity index (χ4n) is 3.32. The van der Waals surface area contributed by atoms with Crippen molar-refractivity contribution in [1.82, 2.24) is 29.8 Å². The third kappa shape index (κ3) is 3.20. The van der Waals surface area contributed by atoms with Gasteiger partial charge in [0.15, 0.2) is 0 Å². The molecule has 0 spiro atoms. The van der Waals surface area contributed by atoms with E-state index in [4.69, 9.17) is 0 Å². The van der Waals surface area contributed by atoms with Gasteiger partial charge in [-0.3, -0.25) is 9.59 Å². The van der Waals surface area contributed by atoms with E-state index in [9.17, 15) is 9.59 Å². The molecule has 0 bridgehead atoms. The number of carbonyl (C=O) groups is 2. The maximum Gasteiger partial charge on any atom is 0.293 e. The Morgan fingerprint density at radius 2 is 2.00 bits per heavy atom. The molecule has 1 saturated carbocycles. The number of aryl methyl sites for hydroxylation is 2. The molecule has 8 heteroatoms. The lowest BCUT2D eigenvalue weighted by atomic mass is 9.97. The summed E-state index contributed by atoms with van der Waals surface area (Å²) >= 11 is 0. The van der Waals surface area contributed by atoms with Crippen molar-refractivity contribution in [2.45, 2.75) is 45.6 Å². The average molecular weight is 342 g/mol. The van der Waals surface area contributed by atoms with Gasteiger partial charge in [0.05, 0.1) is 5.92 Å². The SMILES string of the molecule is Cc1cc(C)n2nc(C(=O)N3CCCC(C(=O)NC4CC4)C3)nc2n1. The molecule has 2 aliphatic rings. The van der Waals surface area contributed by atoms with Gasteiger partial charge in [-0.05, 0) is 45.6 Å². The Labute approximate surface area is 145 Å². The predicted molar refractivity (Wildman–Crippen MR) is 90.0 cm³/mol. The average Bonchev–Trinajstić information content (AvgIpc) is 3.30. The van der Waals surface area contributed by atoms with Crippen molar-refractivity contribution in [3.8, 4) is 0 Å². The minimum atomic E-state index is -0.230. The van der Waals surface area contributed by atoms with Crippen molar-refractivity contribution < 1.29 is 9.59 Å². The van der Waals surface area contributed by atoms with Gasteiger partial charge in [-0.1, -0.05) is 0 Å². The van der Waals surface area contributed by atoms with Crippen molar-refractivity contribution in [3.05, 3.63) is 23.3 Å². The van der Waals surface area contributed by atoms with Gasteiger partial charge in [-0.15, -0.1) is 5.10 Å². The third-order valence-electron chi connectivity index (χ3n) is 4.81. The zero-order valence-corrected chi connectivity index (χ0v) is 14.5. The van der Waals surface area contributed by atoms with Crippen LogP contribution in [-0.2, 0) is 4.79 Å². The van der Waals surface area contributed by atoms with Crippen LogP contribution in [0, 0.1) is 19.8 Å². The van der Waals surface area contributed by atoms with Crippen molar-refractivity contribution >= 4 is 17.6 Å². The summed E-state index contributed by atoms with van der Waals surface area (Å²) in [6, 6.07) is 2.24. The van der Waals surface area contributed by atoms with Crippen molar-refractivity contribution in [3.63, 3.8) is 0 Å². The molecule has 2 fully saturated rings. The molecule has 2 aromatic rings. The van der Waals surface area contributed by atoms with E-state index in [1.807, 2.05) is 19.9 Å². The normalized spacial score (nSPS) is 20.7. The monoisotopic (exact) mass is 342 g/mol. The second kappa shape index (κ2) is 6.09. The minimum Gasteiger partial charge on any atom is -0.353 e. The van der Waals surface area contributed by atoms with Gasteiger partial charge in [0, 0.05) is 30.5 Å². The molecule has 1 unspecified atom stereocenters. The maximum atomic E-state index is 12.8. The summed E-state index contributed by atoms with van der Waals surface area (Å²) in [4.78, 5) is 35.4. The molecular formula is C17H22N6O2. The molecule has 1 atom stereocenters. The summed E-state index contributed by atoms with van der Waals surface area (Å²) in [5, 5.41) is 7.34. The highest BCUT2D eigenvalue weighted by atomic mass is 16.2. The first kappa shape index (κ1) is 16.0. The van der Waals surface area contributed by atoms with Gasteiger partial charge in [0.1, 0.15) is 0 Å². The number of likely N-dealkylation sites (tertiary alicyclic amines) is 1.